The van der Waals surface area contributed by atoms with Gasteiger partial charge in [0.1, 0.15) is 5.82 Å². The van der Waals surface area contributed by atoms with Gasteiger partial charge in [0.05, 0.1) is 5.69 Å². The van der Waals surface area contributed by atoms with Crippen LogP contribution < -0.4 is 5.32 Å². The second-order valence-corrected chi connectivity index (χ2v) is 4.98. The molecule has 5 heteroatoms. The molecular weight excluding hydrogens is 253 g/mol. The topological polar surface area (TPSA) is 29.9 Å². The van der Waals surface area contributed by atoms with Crippen molar-refractivity contribution in [3.05, 3.63) is 41.4 Å². The Bertz CT molecular complexity index is 537. The Labute approximate surface area is 111 Å². The van der Waals surface area contributed by atoms with Gasteiger partial charge in [0, 0.05) is 24.0 Å². The summed E-state index contributed by atoms with van der Waals surface area (Å²) in [7, 11) is 0. The fourth-order valence-electron chi connectivity index (χ4n) is 1.69. The summed E-state index contributed by atoms with van der Waals surface area (Å²) in [6.45, 7) is 5.07. The smallest absolute Gasteiger partial charge is 0.207 e. The van der Waals surface area contributed by atoms with Gasteiger partial charge in [-0.05, 0) is 24.1 Å². The molecule has 3 nitrogen and oxygen atoms in total. The van der Waals surface area contributed by atoms with Crippen molar-refractivity contribution in [2.75, 3.05) is 5.32 Å². The van der Waals surface area contributed by atoms with E-state index in [4.69, 9.17) is 11.6 Å². The SMILES string of the molecule is CC(C)Cn1ccnc1Nc1ccc(Cl)cc1F. The van der Waals surface area contributed by atoms with Gasteiger partial charge >= 0.3 is 0 Å². The molecule has 1 aromatic carbocycles. The van der Waals surface area contributed by atoms with Crippen LogP contribution in [0, 0.1) is 11.7 Å². The molecule has 0 aliphatic heterocycles. The van der Waals surface area contributed by atoms with Gasteiger partial charge in [0.25, 0.3) is 0 Å². The predicted octanol–water partition coefficient (Wildman–Crippen LogP) is 4.08. The van der Waals surface area contributed by atoms with Gasteiger partial charge in [-0.3, -0.25) is 0 Å². The van der Waals surface area contributed by atoms with Crippen LogP contribution >= 0.6 is 11.6 Å². The van der Waals surface area contributed by atoms with Gasteiger partial charge in [-0.15, -0.1) is 0 Å². The van der Waals surface area contributed by atoms with Crippen LogP contribution in [0.5, 0.6) is 0 Å². The largest absolute Gasteiger partial charge is 0.323 e. The van der Waals surface area contributed by atoms with Gasteiger partial charge < -0.3 is 9.88 Å². The summed E-state index contributed by atoms with van der Waals surface area (Å²) in [5.74, 6) is 0.737. The van der Waals surface area contributed by atoms with Crippen LogP contribution in [0.1, 0.15) is 13.8 Å². The highest BCUT2D eigenvalue weighted by molar-refractivity contribution is 6.30. The molecular formula is C13H15ClFN3. The molecule has 0 aliphatic carbocycles. The molecule has 0 radical (unpaired) electrons. The average Bonchev–Trinajstić information content (AvgIpc) is 2.69. The van der Waals surface area contributed by atoms with Gasteiger partial charge in [-0.2, -0.15) is 0 Å². The van der Waals surface area contributed by atoms with Crippen molar-refractivity contribution >= 4 is 23.2 Å². The molecule has 2 aromatic rings. The van der Waals surface area contributed by atoms with Crippen molar-refractivity contribution in [2.45, 2.75) is 20.4 Å². The average molecular weight is 268 g/mol. The third-order valence-corrected chi connectivity index (χ3v) is 2.69. The van der Waals surface area contributed by atoms with E-state index in [0.717, 1.165) is 6.54 Å². The summed E-state index contributed by atoms with van der Waals surface area (Å²) in [4.78, 5) is 4.18. The van der Waals surface area contributed by atoms with Crippen LogP contribution in [0.2, 0.25) is 5.02 Å². The van der Waals surface area contributed by atoms with Crippen LogP contribution in [0.25, 0.3) is 0 Å². The number of rotatable bonds is 4. The zero-order valence-corrected chi connectivity index (χ0v) is 11.1. The minimum atomic E-state index is -0.387. The van der Waals surface area contributed by atoms with Gasteiger partial charge in [-0.25, -0.2) is 9.37 Å². The summed E-state index contributed by atoms with van der Waals surface area (Å²) in [5, 5.41) is 3.35. The van der Waals surface area contributed by atoms with Crippen LogP contribution in [-0.4, -0.2) is 9.55 Å². The Kier molecular flexibility index (Phi) is 3.87. The summed E-state index contributed by atoms with van der Waals surface area (Å²) in [5.41, 5.74) is 0.371. The molecule has 1 aromatic heterocycles. The summed E-state index contributed by atoms with van der Waals surface area (Å²) < 4.78 is 15.6. The summed E-state index contributed by atoms with van der Waals surface area (Å²) in [6, 6.07) is 4.52. The van der Waals surface area contributed by atoms with Crippen molar-refractivity contribution in [3.63, 3.8) is 0 Å². The van der Waals surface area contributed by atoms with Crippen molar-refractivity contribution in [2.24, 2.45) is 5.92 Å². The number of imidazole rings is 1. The second-order valence-electron chi connectivity index (χ2n) is 4.55. The molecule has 0 saturated carbocycles. The Morgan fingerprint density at radius 1 is 1.44 bits per heavy atom. The first kappa shape index (κ1) is 12.9. The molecule has 18 heavy (non-hydrogen) atoms. The van der Waals surface area contributed by atoms with E-state index in [-0.39, 0.29) is 5.82 Å². The van der Waals surface area contributed by atoms with Crippen LogP contribution in [0.4, 0.5) is 16.0 Å². The number of benzene rings is 1. The number of anilines is 2. The van der Waals surface area contributed by atoms with Crippen molar-refractivity contribution in [1.29, 1.82) is 0 Å². The first-order valence-corrected chi connectivity index (χ1v) is 6.17. The molecule has 0 saturated heterocycles. The highest BCUT2D eigenvalue weighted by atomic mass is 35.5. The fraction of sp³-hybridized carbons (Fsp3) is 0.308. The maximum Gasteiger partial charge on any atom is 0.207 e. The lowest BCUT2D eigenvalue weighted by Gasteiger charge is -2.12. The zero-order valence-electron chi connectivity index (χ0n) is 10.3. The minimum absolute atomic E-state index is 0.371. The van der Waals surface area contributed by atoms with E-state index in [1.165, 1.54) is 6.07 Å². The Balaban J connectivity index is 2.21. The van der Waals surface area contributed by atoms with Crippen molar-refractivity contribution in [3.8, 4) is 0 Å². The minimum Gasteiger partial charge on any atom is -0.323 e. The molecule has 0 aliphatic rings. The lowest BCUT2D eigenvalue weighted by atomic mass is 10.2. The quantitative estimate of drug-likeness (QED) is 0.905. The first-order valence-electron chi connectivity index (χ1n) is 5.79. The number of nitrogens with one attached hydrogen (secondary N) is 1. The number of halogens is 2. The van der Waals surface area contributed by atoms with Crippen molar-refractivity contribution in [1.82, 2.24) is 9.55 Å². The maximum absolute atomic E-state index is 13.7. The van der Waals surface area contributed by atoms with E-state index in [9.17, 15) is 4.39 Å². The molecule has 0 atom stereocenters. The van der Waals surface area contributed by atoms with Crippen LogP contribution in [0.15, 0.2) is 30.6 Å². The highest BCUT2D eigenvalue weighted by Gasteiger charge is 2.08. The summed E-state index contributed by atoms with van der Waals surface area (Å²) in [6.07, 6.45) is 3.56. The van der Waals surface area contributed by atoms with E-state index >= 15 is 0 Å². The normalized spacial score (nSPS) is 10.9. The van der Waals surface area contributed by atoms with Crippen LogP contribution in [0.3, 0.4) is 0 Å². The molecule has 1 heterocycles. The first-order chi connectivity index (χ1) is 8.56. The second kappa shape index (κ2) is 5.40. The monoisotopic (exact) mass is 267 g/mol. The molecule has 2 rings (SSSR count). The van der Waals surface area contributed by atoms with Crippen molar-refractivity contribution < 1.29 is 4.39 Å². The van der Waals surface area contributed by atoms with Crippen LogP contribution in [-0.2, 0) is 6.54 Å². The molecule has 0 fully saturated rings. The number of hydrogen-bond donors (Lipinski definition) is 1. The lowest BCUT2D eigenvalue weighted by molar-refractivity contribution is 0.527. The Morgan fingerprint density at radius 3 is 2.89 bits per heavy atom. The van der Waals surface area contributed by atoms with E-state index in [1.807, 2.05) is 10.8 Å². The molecule has 0 bridgehead atoms. The molecule has 0 unspecified atom stereocenters. The van der Waals surface area contributed by atoms with Gasteiger partial charge in [-0.1, -0.05) is 25.4 Å². The van der Waals surface area contributed by atoms with E-state index < -0.39 is 0 Å². The summed E-state index contributed by atoms with van der Waals surface area (Å²) >= 11 is 5.71. The number of aromatic nitrogens is 2. The predicted molar refractivity (Wildman–Crippen MR) is 71.8 cm³/mol. The fourth-order valence-corrected chi connectivity index (χ4v) is 1.84. The third kappa shape index (κ3) is 3.01. The van der Waals surface area contributed by atoms with Gasteiger partial charge in [0.2, 0.25) is 5.95 Å². The lowest BCUT2D eigenvalue weighted by Crippen LogP contribution is -2.08. The highest BCUT2D eigenvalue weighted by Crippen LogP contribution is 2.22. The Morgan fingerprint density at radius 2 is 2.22 bits per heavy atom. The zero-order chi connectivity index (χ0) is 13.1. The Hall–Kier alpha value is -1.55. The van der Waals surface area contributed by atoms with Gasteiger partial charge in [0.15, 0.2) is 0 Å². The van der Waals surface area contributed by atoms with E-state index in [0.29, 0.717) is 22.6 Å². The van der Waals surface area contributed by atoms with E-state index in [1.54, 1.807) is 18.3 Å². The van der Waals surface area contributed by atoms with E-state index in [2.05, 4.69) is 24.1 Å². The molecule has 1 N–H and O–H groups in total. The third-order valence-electron chi connectivity index (χ3n) is 2.45. The standard InChI is InChI=1S/C13H15ClFN3/c1-9(2)8-18-6-5-16-13(18)17-12-4-3-10(14)7-11(12)15/h3-7,9H,8H2,1-2H3,(H,16,17). The molecule has 0 spiro atoms. The molecule has 0 amide bonds. The number of hydrogen-bond acceptors (Lipinski definition) is 2. The maximum atomic E-state index is 13.7. The molecule has 96 valence electrons. The number of nitrogens with zero attached hydrogens (tertiary/aromatic N) is 2.